The minimum absolute atomic E-state index is 0. The van der Waals surface area contributed by atoms with Gasteiger partial charge in [0.25, 0.3) is 0 Å². The zero-order chi connectivity index (χ0) is 16.9. The van der Waals surface area contributed by atoms with Crippen LogP contribution in [0.5, 0.6) is 0 Å². The minimum atomic E-state index is 0. The van der Waals surface area contributed by atoms with Crippen LogP contribution in [-0.4, -0.2) is 30.5 Å². The number of nitrogens with one attached hydrogen (secondary N) is 1. The van der Waals surface area contributed by atoms with Gasteiger partial charge < -0.3 is 11.1 Å². The molecule has 2 heterocycles. The van der Waals surface area contributed by atoms with E-state index in [1.54, 1.807) is 4.88 Å². The standard InChI is InChI=1S/C19H26N4S.HI/c1-14(2)15-4-3-5-17(12-15)22-19(20)21-8-10-23-9-6-18-16(13-23)7-11-24-18;/h3-5,7,11-12,14H,6,8-10,13H2,1-2H3,(H3,20,21,22);1H. The van der Waals surface area contributed by atoms with Crippen molar-refractivity contribution < 1.29 is 0 Å². The molecule has 0 saturated heterocycles. The molecule has 0 aliphatic carbocycles. The van der Waals surface area contributed by atoms with Gasteiger partial charge in [0.15, 0.2) is 5.96 Å². The van der Waals surface area contributed by atoms with Gasteiger partial charge in [0.1, 0.15) is 0 Å². The first-order valence-electron chi connectivity index (χ1n) is 8.56. The molecule has 0 bridgehead atoms. The molecule has 0 saturated carbocycles. The van der Waals surface area contributed by atoms with Gasteiger partial charge in [-0.25, -0.2) is 0 Å². The van der Waals surface area contributed by atoms with E-state index in [4.69, 9.17) is 5.73 Å². The second-order valence-electron chi connectivity index (χ2n) is 6.57. The number of anilines is 1. The van der Waals surface area contributed by atoms with E-state index in [-0.39, 0.29) is 24.0 Å². The zero-order valence-electron chi connectivity index (χ0n) is 14.9. The third-order valence-electron chi connectivity index (χ3n) is 4.41. The van der Waals surface area contributed by atoms with Crippen molar-refractivity contribution in [2.45, 2.75) is 32.7 Å². The number of nitrogens with zero attached hydrogens (tertiary/aromatic N) is 2. The summed E-state index contributed by atoms with van der Waals surface area (Å²) >= 11 is 1.88. The predicted molar refractivity (Wildman–Crippen MR) is 119 cm³/mol. The molecule has 1 aromatic carbocycles. The maximum atomic E-state index is 6.03. The van der Waals surface area contributed by atoms with Crippen LogP contribution < -0.4 is 11.1 Å². The third-order valence-corrected chi connectivity index (χ3v) is 5.43. The molecule has 4 nitrogen and oxygen atoms in total. The van der Waals surface area contributed by atoms with Crippen LogP contribution in [0, 0.1) is 0 Å². The Hall–Kier alpha value is -1.12. The van der Waals surface area contributed by atoms with Gasteiger partial charge in [-0.05, 0) is 47.0 Å². The average Bonchev–Trinajstić information content (AvgIpc) is 3.02. The molecular weight excluding hydrogens is 443 g/mol. The Morgan fingerprint density at radius 3 is 3.00 bits per heavy atom. The van der Waals surface area contributed by atoms with E-state index in [2.05, 4.69) is 58.7 Å². The van der Waals surface area contributed by atoms with E-state index >= 15 is 0 Å². The van der Waals surface area contributed by atoms with Crippen LogP contribution in [0.2, 0.25) is 0 Å². The van der Waals surface area contributed by atoms with Crippen LogP contribution in [0.4, 0.5) is 5.69 Å². The monoisotopic (exact) mass is 470 g/mol. The molecule has 1 aliphatic heterocycles. The van der Waals surface area contributed by atoms with E-state index in [9.17, 15) is 0 Å². The normalized spacial score (nSPS) is 14.9. The number of hydrogen-bond donors (Lipinski definition) is 2. The van der Waals surface area contributed by atoms with Gasteiger partial charge in [0, 0.05) is 30.2 Å². The van der Waals surface area contributed by atoms with Crippen molar-refractivity contribution in [3.63, 3.8) is 0 Å². The lowest BCUT2D eigenvalue weighted by Crippen LogP contribution is -2.32. The second-order valence-corrected chi connectivity index (χ2v) is 7.57. The Balaban J connectivity index is 0.00000225. The minimum Gasteiger partial charge on any atom is -0.370 e. The SMILES string of the molecule is CC(C)c1cccc(NC(N)=NCCN2CCc3sccc3C2)c1.I. The van der Waals surface area contributed by atoms with Crippen LogP contribution in [-0.2, 0) is 13.0 Å². The van der Waals surface area contributed by atoms with Gasteiger partial charge >= 0.3 is 0 Å². The number of benzene rings is 1. The summed E-state index contributed by atoms with van der Waals surface area (Å²) in [6, 6.07) is 10.6. The van der Waals surface area contributed by atoms with Crippen LogP contribution in [0.1, 0.15) is 35.8 Å². The van der Waals surface area contributed by atoms with Gasteiger partial charge in [-0.1, -0.05) is 26.0 Å². The lowest BCUT2D eigenvalue weighted by molar-refractivity contribution is 0.264. The van der Waals surface area contributed by atoms with Crippen molar-refractivity contribution in [3.05, 3.63) is 51.7 Å². The van der Waals surface area contributed by atoms with Gasteiger partial charge in [-0.3, -0.25) is 9.89 Å². The molecule has 6 heteroatoms. The summed E-state index contributed by atoms with van der Waals surface area (Å²) in [4.78, 5) is 8.47. The molecule has 0 spiro atoms. The molecule has 0 fully saturated rings. The Morgan fingerprint density at radius 2 is 2.20 bits per heavy atom. The molecule has 0 amide bonds. The van der Waals surface area contributed by atoms with E-state index in [1.165, 1.54) is 11.1 Å². The molecule has 136 valence electrons. The van der Waals surface area contributed by atoms with Gasteiger partial charge in [-0.2, -0.15) is 0 Å². The first-order chi connectivity index (χ1) is 11.6. The summed E-state index contributed by atoms with van der Waals surface area (Å²) in [5.41, 5.74) is 9.81. The topological polar surface area (TPSA) is 53.6 Å². The Morgan fingerprint density at radius 1 is 1.36 bits per heavy atom. The smallest absolute Gasteiger partial charge is 0.193 e. The van der Waals surface area contributed by atoms with E-state index in [1.807, 2.05) is 17.4 Å². The number of halogens is 1. The van der Waals surface area contributed by atoms with Crippen molar-refractivity contribution in [2.75, 3.05) is 25.0 Å². The summed E-state index contributed by atoms with van der Waals surface area (Å²) in [5.74, 6) is 0.996. The Bertz CT molecular complexity index is 711. The van der Waals surface area contributed by atoms with Gasteiger partial charge in [-0.15, -0.1) is 35.3 Å². The number of hydrogen-bond acceptors (Lipinski definition) is 3. The number of guanidine groups is 1. The molecule has 3 rings (SSSR count). The molecule has 1 aliphatic rings. The summed E-state index contributed by atoms with van der Waals surface area (Å²) in [6.45, 7) is 8.21. The summed E-state index contributed by atoms with van der Waals surface area (Å²) < 4.78 is 0. The summed E-state index contributed by atoms with van der Waals surface area (Å²) in [6.07, 6.45) is 1.16. The largest absolute Gasteiger partial charge is 0.370 e. The van der Waals surface area contributed by atoms with E-state index in [0.717, 1.165) is 38.3 Å². The van der Waals surface area contributed by atoms with E-state index in [0.29, 0.717) is 11.9 Å². The molecule has 3 N–H and O–H groups in total. The maximum absolute atomic E-state index is 6.03. The average molecular weight is 470 g/mol. The van der Waals surface area contributed by atoms with Crippen LogP contribution in [0.25, 0.3) is 0 Å². The van der Waals surface area contributed by atoms with Crippen molar-refractivity contribution in [1.82, 2.24) is 4.90 Å². The maximum Gasteiger partial charge on any atom is 0.193 e. The summed E-state index contributed by atoms with van der Waals surface area (Å²) in [5, 5.41) is 5.39. The third kappa shape index (κ3) is 5.69. The lowest BCUT2D eigenvalue weighted by Gasteiger charge is -2.26. The molecule has 0 unspecified atom stereocenters. The fourth-order valence-corrected chi connectivity index (χ4v) is 3.86. The molecule has 0 radical (unpaired) electrons. The van der Waals surface area contributed by atoms with Crippen molar-refractivity contribution in [1.29, 1.82) is 0 Å². The Labute approximate surface area is 171 Å². The van der Waals surface area contributed by atoms with Gasteiger partial charge in [0.05, 0.1) is 6.54 Å². The summed E-state index contributed by atoms with van der Waals surface area (Å²) in [7, 11) is 0. The fraction of sp³-hybridized carbons (Fsp3) is 0.421. The number of fused-ring (bicyclic) bond motifs is 1. The first-order valence-corrected chi connectivity index (χ1v) is 9.44. The van der Waals surface area contributed by atoms with Gasteiger partial charge in [0.2, 0.25) is 0 Å². The highest BCUT2D eigenvalue weighted by atomic mass is 127. The zero-order valence-corrected chi connectivity index (χ0v) is 18.0. The number of aliphatic imine (C=N–C) groups is 1. The molecule has 25 heavy (non-hydrogen) atoms. The number of thiophene rings is 1. The molecule has 0 atom stereocenters. The van der Waals surface area contributed by atoms with Crippen LogP contribution in [0.15, 0.2) is 40.7 Å². The highest BCUT2D eigenvalue weighted by molar-refractivity contribution is 14.0. The first kappa shape index (κ1) is 20.2. The fourth-order valence-electron chi connectivity index (χ4n) is 2.97. The second kappa shape index (κ2) is 9.54. The highest BCUT2D eigenvalue weighted by Gasteiger charge is 2.16. The molecular formula is C19H27IN4S. The van der Waals surface area contributed by atoms with Crippen molar-refractivity contribution >= 4 is 47.0 Å². The number of rotatable bonds is 5. The van der Waals surface area contributed by atoms with Crippen LogP contribution in [0.3, 0.4) is 0 Å². The number of nitrogens with two attached hydrogens (primary N) is 1. The highest BCUT2D eigenvalue weighted by Crippen LogP contribution is 2.23. The quantitative estimate of drug-likeness (QED) is 0.390. The van der Waals surface area contributed by atoms with Crippen LogP contribution >= 0.6 is 35.3 Å². The predicted octanol–water partition coefficient (Wildman–Crippen LogP) is 4.27. The molecule has 1 aromatic heterocycles. The van der Waals surface area contributed by atoms with Crippen molar-refractivity contribution in [2.24, 2.45) is 10.7 Å². The van der Waals surface area contributed by atoms with Crippen molar-refractivity contribution in [3.8, 4) is 0 Å². The lowest BCUT2D eigenvalue weighted by atomic mass is 10.0. The van der Waals surface area contributed by atoms with E-state index < -0.39 is 0 Å². The molecule has 2 aromatic rings. The Kier molecular flexibility index (Phi) is 7.71.